The van der Waals surface area contributed by atoms with Gasteiger partial charge in [0.15, 0.2) is 5.78 Å². The van der Waals surface area contributed by atoms with Gasteiger partial charge in [-0.2, -0.15) is 0 Å². The number of hydrogen-bond acceptors (Lipinski definition) is 3. The number of ketones is 2. The van der Waals surface area contributed by atoms with E-state index in [9.17, 15) is 14.7 Å². The van der Waals surface area contributed by atoms with E-state index in [4.69, 9.17) is 0 Å². The Morgan fingerprint density at radius 3 is 2.34 bits per heavy atom. The first-order chi connectivity index (χ1) is 14.9. The quantitative estimate of drug-likeness (QED) is 0.502. The highest BCUT2D eigenvalue weighted by Crippen LogP contribution is 2.70. The van der Waals surface area contributed by atoms with Crippen LogP contribution in [0.25, 0.3) is 0 Å². The molecule has 4 aliphatic rings. The topological polar surface area (TPSA) is 54.4 Å². The van der Waals surface area contributed by atoms with Crippen LogP contribution in [0.1, 0.15) is 99.3 Å². The summed E-state index contributed by atoms with van der Waals surface area (Å²) in [5.74, 6) is 2.86. The molecule has 3 nitrogen and oxygen atoms in total. The molecule has 9 unspecified atom stereocenters. The van der Waals surface area contributed by atoms with Crippen molar-refractivity contribution in [2.75, 3.05) is 0 Å². The number of carbonyl (C=O) groups excluding carboxylic acids is 2. The van der Waals surface area contributed by atoms with Crippen molar-refractivity contribution in [3.05, 3.63) is 12.2 Å². The largest absolute Gasteiger partial charge is 0.389 e. The summed E-state index contributed by atoms with van der Waals surface area (Å²) in [5.41, 5.74) is 0.323. The molecule has 4 aliphatic carbocycles. The molecule has 9 atom stereocenters. The van der Waals surface area contributed by atoms with E-state index < -0.39 is 5.60 Å². The maximum absolute atomic E-state index is 12.8. The van der Waals surface area contributed by atoms with Gasteiger partial charge in [-0.05, 0) is 96.9 Å². The highest BCUT2D eigenvalue weighted by Gasteiger charge is 2.67. The van der Waals surface area contributed by atoms with Crippen LogP contribution >= 0.6 is 0 Å². The van der Waals surface area contributed by atoms with Crippen LogP contribution in [0.3, 0.4) is 0 Å². The minimum Gasteiger partial charge on any atom is -0.389 e. The van der Waals surface area contributed by atoms with Gasteiger partial charge in [0.2, 0.25) is 0 Å². The van der Waals surface area contributed by atoms with E-state index in [0.717, 1.165) is 50.5 Å². The average Bonchev–Trinajstić information content (AvgIpc) is 3.08. The highest BCUT2D eigenvalue weighted by atomic mass is 16.3. The molecule has 0 spiro atoms. The number of carbonyl (C=O) groups is 2. The van der Waals surface area contributed by atoms with Crippen molar-refractivity contribution in [1.82, 2.24) is 0 Å². The van der Waals surface area contributed by atoms with Crippen LogP contribution in [-0.2, 0) is 9.59 Å². The minimum absolute atomic E-state index is 0.0797. The Morgan fingerprint density at radius 2 is 1.69 bits per heavy atom. The first-order valence-electron chi connectivity index (χ1n) is 13.3. The third-order valence-corrected chi connectivity index (χ3v) is 11.4. The van der Waals surface area contributed by atoms with Crippen LogP contribution < -0.4 is 0 Å². The number of allylic oxidation sites excluding steroid dienone is 1. The molecule has 0 aliphatic heterocycles. The van der Waals surface area contributed by atoms with Crippen molar-refractivity contribution in [3.63, 3.8) is 0 Å². The second-order valence-corrected chi connectivity index (χ2v) is 13.0. The Morgan fingerprint density at radius 1 is 1.03 bits per heavy atom. The van der Waals surface area contributed by atoms with Crippen LogP contribution in [0.4, 0.5) is 0 Å². The van der Waals surface area contributed by atoms with E-state index in [1.165, 1.54) is 0 Å². The SMILES string of the molecule is C=C(C(=O)CC(C)C1CCC2C1(C)CCC1C3(C)CCC(=O)C(C)C3CCC21O)C(C)C. The fourth-order valence-electron chi connectivity index (χ4n) is 9.46. The second-order valence-electron chi connectivity index (χ2n) is 13.0. The standard InChI is InChI=1S/C29H46O3/c1-17(2)19(4)24(31)16-18(3)21-8-9-25-27(21,6)14-12-26-28(7)13-11-23(30)20(5)22(28)10-15-29(25,26)32/h17-18,20-22,25-26,32H,4,8-16H2,1-3,5-7H3. The Kier molecular flexibility index (Phi) is 6.09. The van der Waals surface area contributed by atoms with Gasteiger partial charge in [0, 0.05) is 18.8 Å². The van der Waals surface area contributed by atoms with E-state index in [-0.39, 0.29) is 28.4 Å². The van der Waals surface area contributed by atoms with Crippen LogP contribution in [0.2, 0.25) is 0 Å². The molecule has 0 radical (unpaired) electrons. The van der Waals surface area contributed by atoms with Gasteiger partial charge < -0.3 is 5.11 Å². The molecule has 32 heavy (non-hydrogen) atoms. The first-order valence-corrected chi connectivity index (χ1v) is 13.3. The molecule has 4 rings (SSSR count). The van der Waals surface area contributed by atoms with Crippen LogP contribution in [0.15, 0.2) is 12.2 Å². The van der Waals surface area contributed by atoms with E-state index in [2.05, 4.69) is 34.3 Å². The third kappa shape index (κ3) is 3.39. The first kappa shape index (κ1) is 24.2. The molecular formula is C29H46O3. The van der Waals surface area contributed by atoms with Gasteiger partial charge in [0.1, 0.15) is 5.78 Å². The number of Topliss-reactive ketones (excluding diaryl/α,β-unsaturated/α-hetero) is 2. The maximum Gasteiger partial charge on any atom is 0.158 e. The van der Waals surface area contributed by atoms with Gasteiger partial charge in [0.05, 0.1) is 5.60 Å². The predicted molar refractivity (Wildman–Crippen MR) is 129 cm³/mol. The van der Waals surface area contributed by atoms with Crippen LogP contribution in [-0.4, -0.2) is 22.3 Å². The van der Waals surface area contributed by atoms with E-state index >= 15 is 0 Å². The second kappa shape index (κ2) is 8.07. The van der Waals surface area contributed by atoms with Gasteiger partial charge in [-0.3, -0.25) is 9.59 Å². The summed E-state index contributed by atoms with van der Waals surface area (Å²) in [6, 6.07) is 0. The lowest BCUT2D eigenvalue weighted by Crippen LogP contribution is -2.65. The normalized spacial score (nSPS) is 46.9. The lowest BCUT2D eigenvalue weighted by molar-refractivity contribution is -0.226. The summed E-state index contributed by atoms with van der Waals surface area (Å²) < 4.78 is 0. The van der Waals surface area contributed by atoms with Crippen molar-refractivity contribution >= 4 is 11.6 Å². The molecule has 0 aromatic heterocycles. The van der Waals surface area contributed by atoms with Crippen molar-refractivity contribution in [3.8, 4) is 0 Å². The molecule has 1 N–H and O–H groups in total. The number of aliphatic hydroxyl groups is 1. The van der Waals surface area contributed by atoms with Crippen LogP contribution in [0.5, 0.6) is 0 Å². The molecule has 0 bridgehead atoms. The average molecular weight is 443 g/mol. The van der Waals surface area contributed by atoms with Gasteiger partial charge in [0.25, 0.3) is 0 Å². The van der Waals surface area contributed by atoms with Gasteiger partial charge >= 0.3 is 0 Å². The summed E-state index contributed by atoms with van der Waals surface area (Å²) in [4.78, 5) is 25.3. The van der Waals surface area contributed by atoms with Gasteiger partial charge in [-0.15, -0.1) is 0 Å². The Bertz CT molecular complexity index is 798. The van der Waals surface area contributed by atoms with Crippen molar-refractivity contribution in [2.24, 2.45) is 52.3 Å². The fraction of sp³-hybridized carbons (Fsp3) is 0.862. The number of rotatable bonds is 5. The van der Waals surface area contributed by atoms with E-state index in [0.29, 0.717) is 48.2 Å². The maximum atomic E-state index is 12.8. The molecule has 4 saturated carbocycles. The minimum atomic E-state index is -0.613. The highest BCUT2D eigenvalue weighted by molar-refractivity contribution is 5.95. The van der Waals surface area contributed by atoms with E-state index in [1.807, 2.05) is 13.8 Å². The summed E-state index contributed by atoms with van der Waals surface area (Å²) >= 11 is 0. The molecule has 0 amide bonds. The zero-order chi connectivity index (χ0) is 23.6. The third-order valence-electron chi connectivity index (χ3n) is 11.4. The van der Waals surface area contributed by atoms with Crippen molar-refractivity contribution < 1.29 is 14.7 Å². The Labute approximate surface area is 195 Å². The zero-order valence-corrected chi connectivity index (χ0v) is 21.4. The molecule has 0 heterocycles. The molecule has 180 valence electrons. The monoisotopic (exact) mass is 442 g/mol. The Hall–Kier alpha value is -0.960. The summed E-state index contributed by atoms with van der Waals surface area (Å²) in [6.07, 6.45) is 8.45. The predicted octanol–water partition coefficient (Wildman–Crippen LogP) is 6.38. The lowest BCUT2D eigenvalue weighted by atomic mass is 9.41. The lowest BCUT2D eigenvalue weighted by Gasteiger charge is -2.65. The molecular weight excluding hydrogens is 396 g/mol. The molecule has 0 saturated heterocycles. The number of fused-ring (bicyclic) bond motifs is 5. The molecule has 4 fully saturated rings. The molecule has 0 aromatic rings. The smallest absolute Gasteiger partial charge is 0.158 e. The Balaban J connectivity index is 1.56. The fourth-order valence-corrected chi connectivity index (χ4v) is 9.46. The summed E-state index contributed by atoms with van der Waals surface area (Å²) in [6.45, 7) is 17.3. The number of hydrogen-bond donors (Lipinski definition) is 1. The summed E-state index contributed by atoms with van der Waals surface area (Å²) in [5, 5.41) is 12.4. The van der Waals surface area contributed by atoms with Crippen molar-refractivity contribution in [1.29, 1.82) is 0 Å². The molecule has 0 aromatic carbocycles. The zero-order valence-electron chi connectivity index (χ0n) is 21.4. The molecule has 3 heteroatoms. The summed E-state index contributed by atoms with van der Waals surface area (Å²) in [7, 11) is 0. The van der Waals surface area contributed by atoms with Gasteiger partial charge in [-0.25, -0.2) is 0 Å². The van der Waals surface area contributed by atoms with Crippen LogP contribution in [0, 0.1) is 52.3 Å². The van der Waals surface area contributed by atoms with Crippen molar-refractivity contribution in [2.45, 2.75) is 105 Å². The van der Waals surface area contributed by atoms with E-state index in [1.54, 1.807) is 0 Å². The van der Waals surface area contributed by atoms with Gasteiger partial charge in [-0.1, -0.05) is 48.1 Å².